The number of rotatable bonds is 5. The molecule has 0 amide bonds. The van der Waals surface area contributed by atoms with Gasteiger partial charge in [-0.1, -0.05) is 6.92 Å². The summed E-state index contributed by atoms with van der Waals surface area (Å²) in [5.41, 5.74) is 1.88. The van der Waals surface area contributed by atoms with Gasteiger partial charge in [-0.05, 0) is 44.2 Å². The van der Waals surface area contributed by atoms with E-state index in [-0.39, 0.29) is 0 Å². The number of nitrogens with one attached hydrogen (secondary N) is 1. The number of aromatic nitrogens is 2. The summed E-state index contributed by atoms with van der Waals surface area (Å²) in [7, 11) is 2.07. The largest absolute Gasteiger partial charge is 0.316 e. The molecule has 1 saturated carbocycles. The van der Waals surface area contributed by atoms with Crippen molar-refractivity contribution in [2.45, 2.75) is 45.7 Å². The normalized spacial score (nSPS) is 20.2. The molecule has 15 heavy (non-hydrogen) atoms. The van der Waals surface area contributed by atoms with Gasteiger partial charge in [0, 0.05) is 18.8 Å². The van der Waals surface area contributed by atoms with E-state index in [4.69, 9.17) is 0 Å². The fraction of sp³-hybridized carbons (Fsp3) is 0.750. The minimum Gasteiger partial charge on any atom is -0.316 e. The summed E-state index contributed by atoms with van der Waals surface area (Å²) >= 11 is 0. The Balaban J connectivity index is 2.00. The van der Waals surface area contributed by atoms with Gasteiger partial charge >= 0.3 is 0 Å². The quantitative estimate of drug-likeness (QED) is 0.798. The molecule has 1 N–H and O–H groups in total. The maximum absolute atomic E-state index is 4.31. The first-order valence-electron chi connectivity index (χ1n) is 5.86. The van der Waals surface area contributed by atoms with Gasteiger partial charge in [-0.2, -0.15) is 5.10 Å². The number of aryl methyl sites for hydroxylation is 1. The van der Waals surface area contributed by atoms with E-state index in [1.54, 1.807) is 0 Å². The van der Waals surface area contributed by atoms with Crippen molar-refractivity contribution in [3.63, 3.8) is 0 Å². The molecule has 0 aliphatic heterocycles. The number of nitrogens with zero attached hydrogens (tertiary/aromatic N) is 2. The molecule has 1 aromatic heterocycles. The number of hydrogen-bond donors (Lipinski definition) is 1. The Morgan fingerprint density at radius 1 is 1.60 bits per heavy atom. The van der Waals surface area contributed by atoms with E-state index in [0.717, 1.165) is 13.0 Å². The van der Waals surface area contributed by atoms with Gasteiger partial charge in [-0.15, -0.1) is 0 Å². The predicted octanol–water partition coefficient (Wildman–Crippen LogP) is 1.83. The first kappa shape index (κ1) is 10.7. The highest BCUT2D eigenvalue weighted by Gasteiger charge is 2.43. The maximum atomic E-state index is 4.31. The Hall–Kier alpha value is -0.830. The molecular formula is C12H21N3. The zero-order valence-corrected chi connectivity index (χ0v) is 9.95. The monoisotopic (exact) mass is 207 g/mol. The van der Waals surface area contributed by atoms with Gasteiger partial charge < -0.3 is 5.32 Å². The highest BCUT2D eigenvalue weighted by molar-refractivity contribution is 5.10. The van der Waals surface area contributed by atoms with Gasteiger partial charge in [0.15, 0.2) is 0 Å². The maximum Gasteiger partial charge on any atom is 0.0522 e. The fourth-order valence-corrected chi connectivity index (χ4v) is 2.16. The molecular weight excluding hydrogens is 186 g/mol. The third-order valence-electron chi connectivity index (χ3n) is 3.68. The molecule has 0 bridgehead atoms. The van der Waals surface area contributed by atoms with Gasteiger partial charge in [-0.25, -0.2) is 0 Å². The summed E-state index contributed by atoms with van der Waals surface area (Å²) < 4.78 is 2.00. The summed E-state index contributed by atoms with van der Waals surface area (Å²) in [6.07, 6.45) is 7.99. The molecule has 1 heterocycles. The zero-order valence-electron chi connectivity index (χ0n) is 9.95. The SMILES string of the molecule is CCn1cc(CC(NC)C2(C)CC2)cn1. The number of likely N-dealkylation sites (N-methyl/N-ethyl adjacent to an activating group) is 1. The van der Waals surface area contributed by atoms with Crippen LogP contribution in [0.5, 0.6) is 0 Å². The fourth-order valence-electron chi connectivity index (χ4n) is 2.16. The standard InChI is InChI=1S/C12H21N3/c1-4-15-9-10(8-14-15)7-11(13-3)12(2)5-6-12/h8-9,11,13H,4-7H2,1-3H3. The third kappa shape index (κ3) is 2.23. The molecule has 1 aliphatic rings. The predicted molar refractivity (Wildman–Crippen MR) is 61.8 cm³/mol. The van der Waals surface area contributed by atoms with Crippen LogP contribution in [-0.2, 0) is 13.0 Å². The van der Waals surface area contributed by atoms with Crippen molar-refractivity contribution in [3.8, 4) is 0 Å². The molecule has 0 saturated heterocycles. The van der Waals surface area contributed by atoms with Crippen molar-refractivity contribution in [2.75, 3.05) is 7.05 Å². The highest BCUT2D eigenvalue weighted by atomic mass is 15.3. The van der Waals surface area contributed by atoms with Crippen LogP contribution < -0.4 is 5.32 Å². The van der Waals surface area contributed by atoms with Crippen LogP contribution in [0.3, 0.4) is 0 Å². The van der Waals surface area contributed by atoms with Gasteiger partial charge in [0.05, 0.1) is 6.20 Å². The molecule has 84 valence electrons. The molecule has 0 spiro atoms. The Kier molecular flexibility index (Phi) is 2.83. The molecule has 2 rings (SSSR count). The smallest absolute Gasteiger partial charge is 0.0522 e. The summed E-state index contributed by atoms with van der Waals surface area (Å²) in [6, 6.07) is 0.604. The first-order valence-corrected chi connectivity index (χ1v) is 5.86. The minimum absolute atomic E-state index is 0.531. The van der Waals surface area contributed by atoms with Crippen LogP contribution in [0.25, 0.3) is 0 Å². The van der Waals surface area contributed by atoms with Crippen molar-refractivity contribution in [1.82, 2.24) is 15.1 Å². The van der Waals surface area contributed by atoms with Gasteiger partial charge in [0.1, 0.15) is 0 Å². The zero-order chi connectivity index (χ0) is 10.9. The average molecular weight is 207 g/mol. The second kappa shape index (κ2) is 3.97. The first-order chi connectivity index (χ1) is 7.18. The molecule has 1 aliphatic carbocycles. The molecule has 3 nitrogen and oxygen atoms in total. The Labute approximate surface area is 91.9 Å². The minimum atomic E-state index is 0.531. The topological polar surface area (TPSA) is 29.9 Å². The van der Waals surface area contributed by atoms with Crippen LogP contribution >= 0.6 is 0 Å². The summed E-state index contributed by atoms with van der Waals surface area (Å²) in [5, 5.41) is 7.76. The van der Waals surface area contributed by atoms with Crippen molar-refractivity contribution in [1.29, 1.82) is 0 Å². The van der Waals surface area contributed by atoms with Crippen molar-refractivity contribution in [3.05, 3.63) is 18.0 Å². The molecule has 1 aromatic rings. The highest BCUT2D eigenvalue weighted by Crippen LogP contribution is 2.48. The molecule has 1 atom stereocenters. The third-order valence-corrected chi connectivity index (χ3v) is 3.68. The van der Waals surface area contributed by atoms with E-state index in [1.165, 1.54) is 18.4 Å². The lowest BCUT2D eigenvalue weighted by Crippen LogP contribution is -2.35. The van der Waals surface area contributed by atoms with Crippen molar-refractivity contribution >= 4 is 0 Å². The van der Waals surface area contributed by atoms with Crippen LogP contribution in [0.15, 0.2) is 12.4 Å². The lowest BCUT2D eigenvalue weighted by atomic mass is 9.94. The Morgan fingerprint density at radius 3 is 2.80 bits per heavy atom. The van der Waals surface area contributed by atoms with Crippen LogP contribution in [0.4, 0.5) is 0 Å². The molecule has 0 radical (unpaired) electrons. The second-order valence-corrected chi connectivity index (χ2v) is 4.90. The molecule has 0 aromatic carbocycles. The molecule has 1 fully saturated rings. The van der Waals surface area contributed by atoms with Crippen molar-refractivity contribution < 1.29 is 0 Å². The van der Waals surface area contributed by atoms with Gasteiger partial charge in [-0.3, -0.25) is 4.68 Å². The lowest BCUT2D eigenvalue weighted by molar-refractivity contribution is 0.376. The van der Waals surface area contributed by atoms with E-state index >= 15 is 0 Å². The van der Waals surface area contributed by atoms with E-state index in [2.05, 4.69) is 37.5 Å². The van der Waals surface area contributed by atoms with Gasteiger partial charge in [0.25, 0.3) is 0 Å². The lowest BCUT2D eigenvalue weighted by Gasteiger charge is -2.22. The number of hydrogen-bond acceptors (Lipinski definition) is 2. The van der Waals surface area contributed by atoms with Gasteiger partial charge in [0.2, 0.25) is 0 Å². The van der Waals surface area contributed by atoms with Crippen molar-refractivity contribution in [2.24, 2.45) is 5.41 Å². The summed E-state index contributed by atoms with van der Waals surface area (Å²) in [4.78, 5) is 0. The van der Waals surface area contributed by atoms with E-state index in [9.17, 15) is 0 Å². The van der Waals surface area contributed by atoms with E-state index in [0.29, 0.717) is 11.5 Å². The van der Waals surface area contributed by atoms with Crippen LogP contribution in [0.2, 0.25) is 0 Å². The Bertz CT molecular complexity index is 325. The summed E-state index contributed by atoms with van der Waals surface area (Å²) in [5.74, 6) is 0. The van der Waals surface area contributed by atoms with Crippen LogP contribution in [-0.4, -0.2) is 22.9 Å². The van der Waals surface area contributed by atoms with E-state index < -0.39 is 0 Å². The van der Waals surface area contributed by atoms with Crippen LogP contribution in [0, 0.1) is 5.41 Å². The van der Waals surface area contributed by atoms with Crippen LogP contribution in [0.1, 0.15) is 32.3 Å². The van der Waals surface area contributed by atoms with E-state index in [1.807, 2.05) is 10.9 Å². The average Bonchev–Trinajstić information content (AvgIpc) is 2.83. The second-order valence-electron chi connectivity index (χ2n) is 4.90. The molecule has 1 unspecified atom stereocenters. The molecule has 3 heteroatoms. The summed E-state index contributed by atoms with van der Waals surface area (Å²) in [6.45, 7) is 5.45. The Morgan fingerprint density at radius 2 is 2.33 bits per heavy atom.